The van der Waals surface area contributed by atoms with Gasteiger partial charge in [0.25, 0.3) is 0 Å². The third kappa shape index (κ3) is 4.24. The van der Waals surface area contributed by atoms with Crippen LogP contribution in [0.3, 0.4) is 0 Å². The Balaban J connectivity index is 1.75. The Morgan fingerprint density at radius 2 is 2.00 bits per heavy atom. The van der Waals surface area contributed by atoms with Crippen LogP contribution in [0, 0.1) is 11.8 Å². The van der Waals surface area contributed by atoms with Crippen LogP contribution in [0.2, 0.25) is 0 Å². The van der Waals surface area contributed by atoms with Crippen LogP contribution < -0.4 is 5.32 Å². The number of rotatable bonds is 5. The minimum Gasteiger partial charge on any atom is -0.312 e. The molecular formula is C16H32N2. The Kier molecular flexibility index (Phi) is 5.97. The van der Waals surface area contributed by atoms with Crippen LogP contribution in [0.25, 0.3) is 0 Å². The third-order valence-electron chi connectivity index (χ3n) is 5.17. The summed E-state index contributed by atoms with van der Waals surface area (Å²) in [6.45, 7) is 9.88. The van der Waals surface area contributed by atoms with Crippen LogP contribution >= 0.6 is 0 Å². The molecule has 106 valence electrons. The highest BCUT2D eigenvalue weighted by Crippen LogP contribution is 2.27. The summed E-state index contributed by atoms with van der Waals surface area (Å²) in [4.78, 5) is 2.73. The summed E-state index contributed by atoms with van der Waals surface area (Å²) in [6, 6.07) is 0.723. The second-order valence-electron chi connectivity index (χ2n) is 6.54. The van der Waals surface area contributed by atoms with Crippen molar-refractivity contribution in [1.82, 2.24) is 10.2 Å². The number of hydrogen-bond acceptors (Lipinski definition) is 2. The molecule has 18 heavy (non-hydrogen) atoms. The molecule has 0 radical (unpaired) electrons. The SMILES string of the molecule is CCC(C)C1CN(CCC2CCCC2)CCCN1. The Bertz CT molecular complexity index is 223. The normalized spacial score (nSPS) is 29.3. The first-order valence-electron chi connectivity index (χ1n) is 8.25. The van der Waals surface area contributed by atoms with E-state index in [-0.39, 0.29) is 0 Å². The molecule has 0 bridgehead atoms. The second-order valence-corrected chi connectivity index (χ2v) is 6.54. The van der Waals surface area contributed by atoms with Crippen LogP contribution in [0.4, 0.5) is 0 Å². The van der Waals surface area contributed by atoms with E-state index in [9.17, 15) is 0 Å². The predicted octanol–water partition coefficient (Wildman–Crippen LogP) is 3.28. The maximum atomic E-state index is 3.75. The Morgan fingerprint density at radius 1 is 1.22 bits per heavy atom. The van der Waals surface area contributed by atoms with Crippen LogP contribution in [0.15, 0.2) is 0 Å². The van der Waals surface area contributed by atoms with Crippen molar-refractivity contribution >= 4 is 0 Å². The van der Waals surface area contributed by atoms with Gasteiger partial charge in [0, 0.05) is 12.6 Å². The van der Waals surface area contributed by atoms with E-state index in [0.717, 1.165) is 17.9 Å². The predicted molar refractivity (Wildman–Crippen MR) is 78.9 cm³/mol. The maximum Gasteiger partial charge on any atom is 0.0220 e. The summed E-state index contributed by atoms with van der Waals surface area (Å²) in [7, 11) is 0. The highest BCUT2D eigenvalue weighted by Gasteiger charge is 2.22. The molecule has 2 atom stereocenters. The van der Waals surface area contributed by atoms with Crippen molar-refractivity contribution in [2.75, 3.05) is 26.2 Å². The van der Waals surface area contributed by atoms with Gasteiger partial charge in [-0.1, -0.05) is 46.0 Å². The average molecular weight is 252 g/mol. The van der Waals surface area contributed by atoms with Crippen LogP contribution in [0.1, 0.15) is 58.8 Å². The monoisotopic (exact) mass is 252 g/mol. The minimum absolute atomic E-state index is 0.723. The topological polar surface area (TPSA) is 15.3 Å². The quantitative estimate of drug-likeness (QED) is 0.808. The zero-order chi connectivity index (χ0) is 12.8. The van der Waals surface area contributed by atoms with Crippen molar-refractivity contribution < 1.29 is 0 Å². The summed E-state index contributed by atoms with van der Waals surface area (Å²) >= 11 is 0. The lowest BCUT2D eigenvalue weighted by Gasteiger charge is -2.28. The molecule has 1 aliphatic heterocycles. The fraction of sp³-hybridized carbons (Fsp3) is 1.00. The van der Waals surface area contributed by atoms with Gasteiger partial charge in [-0.15, -0.1) is 0 Å². The standard InChI is InChI=1S/C16H32N2/c1-3-14(2)16-13-18(11-6-10-17-16)12-9-15-7-4-5-8-15/h14-17H,3-13H2,1-2H3. The summed E-state index contributed by atoms with van der Waals surface area (Å²) in [5.74, 6) is 1.86. The molecule has 0 amide bonds. The van der Waals surface area contributed by atoms with Crippen molar-refractivity contribution in [2.45, 2.75) is 64.8 Å². The molecule has 2 nitrogen and oxygen atoms in total. The first kappa shape index (κ1) is 14.3. The molecule has 0 aromatic carbocycles. The van der Waals surface area contributed by atoms with Gasteiger partial charge in [-0.2, -0.15) is 0 Å². The largest absolute Gasteiger partial charge is 0.312 e. The first-order chi connectivity index (χ1) is 8.79. The van der Waals surface area contributed by atoms with Gasteiger partial charge < -0.3 is 10.2 Å². The summed E-state index contributed by atoms with van der Waals surface area (Å²) in [5, 5.41) is 3.75. The van der Waals surface area contributed by atoms with E-state index in [4.69, 9.17) is 0 Å². The third-order valence-corrected chi connectivity index (χ3v) is 5.17. The lowest BCUT2D eigenvalue weighted by molar-refractivity contribution is 0.223. The second kappa shape index (κ2) is 7.49. The average Bonchev–Trinajstić information content (AvgIpc) is 2.80. The van der Waals surface area contributed by atoms with E-state index < -0.39 is 0 Å². The molecule has 1 saturated heterocycles. The Morgan fingerprint density at radius 3 is 2.72 bits per heavy atom. The molecule has 1 N–H and O–H groups in total. The Labute approximate surface area is 114 Å². The molecule has 2 rings (SSSR count). The summed E-state index contributed by atoms with van der Waals surface area (Å²) < 4.78 is 0. The fourth-order valence-electron chi connectivity index (χ4n) is 3.56. The van der Waals surface area contributed by atoms with Crippen molar-refractivity contribution in [3.05, 3.63) is 0 Å². The zero-order valence-corrected chi connectivity index (χ0v) is 12.5. The van der Waals surface area contributed by atoms with Crippen molar-refractivity contribution in [3.63, 3.8) is 0 Å². The lowest BCUT2D eigenvalue weighted by atomic mass is 9.98. The molecule has 2 heteroatoms. The van der Waals surface area contributed by atoms with Crippen LogP contribution in [-0.4, -0.2) is 37.1 Å². The number of nitrogens with one attached hydrogen (secondary N) is 1. The molecular weight excluding hydrogens is 220 g/mol. The molecule has 0 aromatic rings. The smallest absolute Gasteiger partial charge is 0.0220 e. The minimum atomic E-state index is 0.723. The number of nitrogens with zero attached hydrogens (tertiary/aromatic N) is 1. The van der Waals surface area contributed by atoms with Gasteiger partial charge in [0.2, 0.25) is 0 Å². The van der Waals surface area contributed by atoms with Gasteiger partial charge in [0.15, 0.2) is 0 Å². The van der Waals surface area contributed by atoms with E-state index in [0.29, 0.717) is 0 Å². The zero-order valence-electron chi connectivity index (χ0n) is 12.5. The Hall–Kier alpha value is -0.0800. The maximum absolute atomic E-state index is 3.75. The molecule has 1 heterocycles. The summed E-state index contributed by atoms with van der Waals surface area (Å²) in [6.07, 6.45) is 10.1. The van der Waals surface area contributed by atoms with Crippen LogP contribution in [0.5, 0.6) is 0 Å². The van der Waals surface area contributed by atoms with Gasteiger partial charge in [0.1, 0.15) is 0 Å². The van der Waals surface area contributed by atoms with Gasteiger partial charge in [-0.25, -0.2) is 0 Å². The molecule has 2 aliphatic rings. The fourth-order valence-corrected chi connectivity index (χ4v) is 3.56. The molecule has 1 saturated carbocycles. The van der Waals surface area contributed by atoms with Gasteiger partial charge in [0.05, 0.1) is 0 Å². The van der Waals surface area contributed by atoms with E-state index in [1.807, 2.05) is 0 Å². The van der Waals surface area contributed by atoms with Crippen molar-refractivity contribution in [2.24, 2.45) is 11.8 Å². The number of hydrogen-bond donors (Lipinski definition) is 1. The highest BCUT2D eigenvalue weighted by atomic mass is 15.2. The van der Waals surface area contributed by atoms with Crippen molar-refractivity contribution in [3.8, 4) is 0 Å². The van der Waals surface area contributed by atoms with E-state index in [2.05, 4.69) is 24.1 Å². The summed E-state index contributed by atoms with van der Waals surface area (Å²) in [5.41, 5.74) is 0. The van der Waals surface area contributed by atoms with E-state index >= 15 is 0 Å². The lowest BCUT2D eigenvalue weighted by Crippen LogP contribution is -2.42. The van der Waals surface area contributed by atoms with E-state index in [1.165, 1.54) is 71.1 Å². The van der Waals surface area contributed by atoms with Gasteiger partial charge in [-0.05, 0) is 44.3 Å². The van der Waals surface area contributed by atoms with E-state index in [1.54, 1.807) is 0 Å². The first-order valence-corrected chi connectivity index (χ1v) is 8.25. The molecule has 2 fully saturated rings. The highest BCUT2D eigenvalue weighted by molar-refractivity contribution is 4.81. The van der Waals surface area contributed by atoms with Gasteiger partial charge in [-0.3, -0.25) is 0 Å². The molecule has 0 spiro atoms. The van der Waals surface area contributed by atoms with Gasteiger partial charge >= 0.3 is 0 Å². The molecule has 1 aliphatic carbocycles. The molecule has 2 unspecified atom stereocenters. The molecule has 0 aromatic heterocycles. The van der Waals surface area contributed by atoms with Crippen molar-refractivity contribution in [1.29, 1.82) is 0 Å². The van der Waals surface area contributed by atoms with Crippen LogP contribution in [-0.2, 0) is 0 Å².